The summed E-state index contributed by atoms with van der Waals surface area (Å²) in [6.45, 7) is 0.638. The number of aromatic amines is 1. The summed E-state index contributed by atoms with van der Waals surface area (Å²) in [7, 11) is 0. The number of hydrogen-bond donors (Lipinski definition) is 2. The zero-order chi connectivity index (χ0) is 11.0. The lowest BCUT2D eigenvalue weighted by atomic mass is 10.1. The average molecular weight is 210 g/mol. The van der Waals surface area contributed by atoms with Crippen LogP contribution in [0, 0.1) is 12.3 Å². The van der Waals surface area contributed by atoms with E-state index in [4.69, 9.17) is 6.42 Å². The van der Waals surface area contributed by atoms with Gasteiger partial charge in [0.1, 0.15) is 0 Å². The fourth-order valence-electron chi connectivity index (χ4n) is 2.61. The molecule has 0 spiro atoms. The van der Waals surface area contributed by atoms with Crippen LogP contribution in [0.25, 0.3) is 10.9 Å². The molecule has 2 nitrogen and oxygen atoms in total. The SMILES string of the molecule is C#CCNC1CCc2c1[nH]c1ccccc21. The maximum absolute atomic E-state index is 5.28. The second-order valence-corrected chi connectivity index (χ2v) is 4.24. The van der Waals surface area contributed by atoms with Gasteiger partial charge in [-0.05, 0) is 24.5 Å². The normalized spacial score (nSPS) is 18.6. The number of benzene rings is 1. The van der Waals surface area contributed by atoms with Crippen LogP contribution in [0.1, 0.15) is 23.7 Å². The highest BCUT2D eigenvalue weighted by molar-refractivity contribution is 5.85. The minimum Gasteiger partial charge on any atom is -0.357 e. The summed E-state index contributed by atoms with van der Waals surface area (Å²) in [6, 6.07) is 8.88. The van der Waals surface area contributed by atoms with Crippen LogP contribution < -0.4 is 5.32 Å². The molecule has 1 aliphatic carbocycles. The van der Waals surface area contributed by atoms with E-state index in [9.17, 15) is 0 Å². The number of aromatic nitrogens is 1. The number of nitrogens with one attached hydrogen (secondary N) is 2. The molecular weight excluding hydrogens is 196 g/mol. The lowest BCUT2D eigenvalue weighted by molar-refractivity contribution is 0.558. The lowest BCUT2D eigenvalue weighted by Crippen LogP contribution is -2.19. The lowest BCUT2D eigenvalue weighted by Gasteiger charge is -2.09. The van der Waals surface area contributed by atoms with Gasteiger partial charge in [-0.1, -0.05) is 24.1 Å². The Bertz CT molecular complexity index is 560. The van der Waals surface area contributed by atoms with Gasteiger partial charge in [0, 0.05) is 22.6 Å². The monoisotopic (exact) mass is 210 g/mol. The second kappa shape index (κ2) is 3.70. The molecule has 1 unspecified atom stereocenters. The molecule has 0 saturated carbocycles. The van der Waals surface area contributed by atoms with E-state index in [1.807, 2.05) is 0 Å². The molecule has 0 aliphatic heterocycles. The van der Waals surface area contributed by atoms with Crippen LogP contribution in [-0.2, 0) is 6.42 Å². The highest BCUT2D eigenvalue weighted by Crippen LogP contribution is 2.35. The number of hydrogen-bond acceptors (Lipinski definition) is 1. The highest BCUT2D eigenvalue weighted by atomic mass is 14.9. The predicted molar refractivity (Wildman–Crippen MR) is 66.2 cm³/mol. The number of aryl methyl sites for hydroxylation is 1. The van der Waals surface area contributed by atoms with Crippen LogP contribution in [0.4, 0.5) is 0 Å². The third-order valence-electron chi connectivity index (χ3n) is 3.33. The first kappa shape index (κ1) is 9.50. The molecular formula is C14H14N2. The number of para-hydroxylation sites is 1. The summed E-state index contributed by atoms with van der Waals surface area (Å²) in [5, 5.41) is 4.74. The first-order chi connectivity index (χ1) is 7.90. The van der Waals surface area contributed by atoms with Crippen molar-refractivity contribution in [2.24, 2.45) is 0 Å². The van der Waals surface area contributed by atoms with Crippen LogP contribution in [0.2, 0.25) is 0 Å². The quantitative estimate of drug-likeness (QED) is 0.732. The minimum absolute atomic E-state index is 0.401. The van der Waals surface area contributed by atoms with Crippen molar-refractivity contribution in [2.45, 2.75) is 18.9 Å². The fraction of sp³-hybridized carbons (Fsp3) is 0.286. The molecule has 1 atom stereocenters. The van der Waals surface area contributed by atoms with Gasteiger partial charge in [0.25, 0.3) is 0 Å². The molecule has 0 fully saturated rings. The smallest absolute Gasteiger partial charge is 0.0579 e. The van der Waals surface area contributed by atoms with Crippen LogP contribution in [-0.4, -0.2) is 11.5 Å². The first-order valence-corrected chi connectivity index (χ1v) is 5.66. The van der Waals surface area contributed by atoms with Crippen molar-refractivity contribution in [3.05, 3.63) is 35.5 Å². The van der Waals surface area contributed by atoms with Crippen molar-refractivity contribution in [1.29, 1.82) is 0 Å². The third-order valence-corrected chi connectivity index (χ3v) is 3.33. The number of fused-ring (bicyclic) bond motifs is 3. The average Bonchev–Trinajstić information content (AvgIpc) is 2.85. The van der Waals surface area contributed by atoms with Gasteiger partial charge in [-0.2, -0.15) is 0 Å². The molecule has 0 saturated heterocycles. The van der Waals surface area contributed by atoms with E-state index in [0.29, 0.717) is 12.6 Å². The molecule has 1 aromatic heterocycles. The standard InChI is InChI=1S/C14H14N2/c1-2-9-15-13-8-7-11-10-5-3-4-6-12(10)16-14(11)13/h1,3-6,13,15-16H,7-9H2. The van der Waals surface area contributed by atoms with Crippen molar-refractivity contribution in [1.82, 2.24) is 10.3 Å². The minimum atomic E-state index is 0.401. The van der Waals surface area contributed by atoms with Crippen molar-refractivity contribution in [3.63, 3.8) is 0 Å². The molecule has 2 N–H and O–H groups in total. The Kier molecular flexibility index (Phi) is 2.19. The van der Waals surface area contributed by atoms with Crippen molar-refractivity contribution >= 4 is 10.9 Å². The largest absolute Gasteiger partial charge is 0.357 e. The second-order valence-electron chi connectivity index (χ2n) is 4.24. The summed E-state index contributed by atoms with van der Waals surface area (Å²) in [4.78, 5) is 3.50. The van der Waals surface area contributed by atoms with Gasteiger partial charge in [0.05, 0.1) is 6.54 Å². The van der Waals surface area contributed by atoms with Gasteiger partial charge in [0.15, 0.2) is 0 Å². The van der Waals surface area contributed by atoms with Crippen molar-refractivity contribution in [3.8, 4) is 12.3 Å². The van der Waals surface area contributed by atoms with E-state index in [0.717, 1.165) is 12.8 Å². The molecule has 2 aromatic rings. The van der Waals surface area contributed by atoms with Crippen molar-refractivity contribution < 1.29 is 0 Å². The van der Waals surface area contributed by atoms with Gasteiger partial charge in [-0.3, -0.25) is 5.32 Å². The molecule has 3 rings (SSSR count). The Labute approximate surface area is 95.1 Å². The molecule has 1 aliphatic rings. The Morgan fingerprint density at radius 3 is 3.19 bits per heavy atom. The Morgan fingerprint density at radius 1 is 1.44 bits per heavy atom. The van der Waals surface area contributed by atoms with Crippen LogP contribution in [0.15, 0.2) is 24.3 Å². The van der Waals surface area contributed by atoms with Gasteiger partial charge in [-0.25, -0.2) is 0 Å². The molecule has 16 heavy (non-hydrogen) atoms. The topological polar surface area (TPSA) is 27.8 Å². The van der Waals surface area contributed by atoms with Crippen LogP contribution in [0.3, 0.4) is 0 Å². The molecule has 80 valence electrons. The van der Waals surface area contributed by atoms with E-state index in [1.54, 1.807) is 0 Å². The van der Waals surface area contributed by atoms with Gasteiger partial charge >= 0.3 is 0 Å². The molecule has 1 aromatic carbocycles. The first-order valence-electron chi connectivity index (χ1n) is 5.66. The van der Waals surface area contributed by atoms with Gasteiger partial charge in [-0.15, -0.1) is 6.42 Å². The molecule has 1 heterocycles. The number of rotatable bonds is 2. The predicted octanol–water partition coefficient (Wildman–Crippen LogP) is 2.38. The summed E-state index contributed by atoms with van der Waals surface area (Å²) in [5.74, 6) is 2.63. The molecule has 0 radical (unpaired) electrons. The van der Waals surface area contributed by atoms with E-state index >= 15 is 0 Å². The Hall–Kier alpha value is -1.72. The van der Waals surface area contributed by atoms with E-state index in [2.05, 4.69) is 40.5 Å². The number of H-pyrrole nitrogens is 1. The Morgan fingerprint density at radius 2 is 2.31 bits per heavy atom. The molecule has 0 amide bonds. The highest BCUT2D eigenvalue weighted by Gasteiger charge is 2.25. The van der Waals surface area contributed by atoms with Crippen LogP contribution >= 0.6 is 0 Å². The fourth-order valence-corrected chi connectivity index (χ4v) is 2.61. The van der Waals surface area contributed by atoms with E-state index < -0.39 is 0 Å². The Balaban J connectivity index is 2.03. The zero-order valence-electron chi connectivity index (χ0n) is 9.09. The van der Waals surface area contributed by atoms with Gasteiger partial charge in [0.2, 0.25) is 0 Å². The maximum atomic E-state index is 5.28. The summed E-state index contributed by atoms with van der Waals surface area (Å²) in [6.07, 6.45) is 7.57. The van der Waals surface area contributed by atoms with Crippen LogP contribution in [0.5, 0.6) is 0 Å². The molecule has 2 heteroatoms. The van der Waals surface area contributed by atoms with Gasteiger partial charge < -0.3 is 4.98 Å². The summed E-state index contributed by atoms with van der Waals surface area (Å²) in [5.41, 5.74) is 4.03. The van der Waals surface area contributed by atoms with E-state index in [-0.39, 0.29) is 0 Å². The number of terminal acetylenes is 1. The molecule has 0 bridgehead atoms. The zero-order valence-corrected chi connectivity index (χ0v) is 9.09. The van der Waals surface area contributed by atoms with Crippen molar-refractivity contribution in [2.75, 3.05) is 6.54 Å². The summed E-state index contributed by atoms with van der Waals surface area (Å²) < 4.78 is 0. The third kappa shape index (κ3) is 1.33. The summed E-state index contributed by atoms with van der Waals surface area (Å²) >= 11 is 0. The van der Waals surface area contributed by atoms with E-state index in [1.165, 1.54) is 22.2 Å². The maximum Gasteiger partial charge on any atom is 0.0579 e.